The second kappa shape index (κ2) is 5.31. The van der Waals surface area contributed by atoms with Gasteiger partial charge in [0.25, 0.3) is 0 Å². The maximum absolute atomic E-state index is 11.4. The Morgan fingerprint density at radius 1 is 1.32 bits per heavy atom. The van der Waals surface area contributed by atoms with E-state index in [4.69, 9.17) is 0 Å². The van der Waals surface area contributed by atoms with Gasteiger partial charge in [-0.3, -0.25) is 0 Å². The van der Waals surface area contributed by atoms with Gasteiger partial charge in [0.2, 0.25) is 0 Å². The lowest BCUT2D eigenvalue weighted by Gasteiger charge is -2.18. The summed E-state index contributed by atoms with van der Waals surface area (Å²) in [6, 6.07) is 9.12. The first-order chi connectivity index (χ1) is 9.06. The SMILES string of the molecule is CCCC(C)c1c(C(=O)O)c(O)cc2ccccc12. The molecule has 0 saturated carbocycles. The van der Waals surface area contributed by atoms with Gasteiger partial charge in [-0.05, 0) is 34.7 Å². The summed E-state index contributed by atoms with van der Waals surface area (Å²) >= 11 is 0. The van der Waals surface area contributed by atoms with Crippen LogP contribution in [0.5, 0.6) is 5.75 Å². The maximum atomic E-state index is 11.4. The Kier molecular flexibility index (Phi) is 3.74. The Bertz CT molecular complexity index is 617. The first-order valence-electron chi connectivity index (χ1n) is 6.54. The quantitative estimate of drug-likeness (QED) is 0.866. The minimum atomic E-state index is -1.07. The highest BCUT2D eigenvalue weighted by Gasteiger charge is 2.22. The molecule has 0 amide bonds. The van der Waals surface area contributed by atoms with Crippen molar-refractivity contribution in [3.8, 4) is 5.75 Å². The molecule has 3 heteroatoms. The predicted molar refractivity (Wildman–Crippen MR) is 75.9 cm³/mol. The molecule has 2 aromatic carbocycles. The van der Waals surface area contributed by atoms with Gasteiger partial charge < -0.3 is 10.2 Å². The molecule has 0 spiro atoms. The van der Waals surface area contributed by atoms with Crippen LogP contribution < -0.4 is 0 Å². The zero-order chi connectivity index (χ0) is 14.0. The molecule has 0 aliphatic heterocycles. The lowest BCUT2D eigenvalue weighted by Crippen LogP contribution is -2.07. The van der Waals surface area contributed by atoms with E-state index in [9.17, 15) is 15.0 Å². The van der Waals surface area contributed by atoms with E-state index in [1.165, 1.54) is 6.07 Å². The van der Waals surface area contributed by atoms with E-state index >= 15 is 0 Å². The number of rotatable bonds is 4. The van der Waals surface area contributed by atoms with Gasteiger partial charge in [-0.2, -0.15) is 0 Å². The fraction of sp³-hybridized carbons (Fsp3) is 0.312. The minimum Gasteiger partial charge on any atom is -0.507 e. The van der Waals surface area contributed by atoms with Crippen molar-refractivity contribution in [2.75, 3.05) is 0 Å². The third-order valence-corrected chi connectivity index (χ3v) is 3.50. The topological polar surface area (TPSA) is 57.5 Å². The number of aromatic carboxylic acids is 1. The molecule has 0 bridgehead atoms. The Hall–Kier alpha value is -2.03. The highest BCUT2D eigenvalue weighted by molar-refractivity contribution is 6.01. The van der Waals surface area contributed by atoms with Gasteiger partial charge in [0.1, 0.15) is 11.3 Å². The maximum Gasteiger partial charge on any atom is 0.339 e. The van der Waals surface area contributed by atoms with Crippen molar-refractivity contribution in [1.82, 2.24) is 0 Å². The first kappa shape index (κ1) is 13.4. The lowest BCUT2D eigenvalue weighted by atomic mass is 9.87. The first-order valence-corrected chi connectivity index (χ1v) is 6.54. The fourth-order valence-electron chi connectivity index (χ4n) is 2.67. The van der Waals surface area contributed by atoms with E-state index in [2.05, 4.69) is 6.92 Å². The molecule has 0 saturated heterocycles. The lowest BCUT2D eigenvalue weighted by molar-refractivity contribution is 0.0692. The van der Waals surface area contributed by atoms with Crippen molar-refractivity contribution in [3.05, 3.63) is 41.5 Å². The van der Waals surface area contributed by atoms with Gasteiger partial charge >= 0.3 is 5.97 Å². The molecule has 2 aromatic rings. The van der Waals surface area contributed by atoms with Crippen LogP contribution in [0.15, 0.2) is 30.3 Å². The van der Waals surface area contributed by atoms with E-state index < -0.39 is 5.97 Å². The van der Waals surface area contributed by atoms with Gasteiger partial charge in [0.05, 0.1) is 0 Å². The number of fused-ring (bicyclic) bond motifs is 1. The van der Waals surface area contributed by atoms with E-state index in [0.29, 0.717) is 0 Å². The van der Waals surface area contributed by atoms with Crippen LogP contribution in [0, 0.1) is 0 Å². The Labute approximate surface area is 112 Å². The van der Waals surface area contributed by atoms with Crippen LogP contribution >= 0.6 is 0 Å². The monoisotopic (exact) mass is 258 g/mol. The third-order valence-electron chi connectivity index (χ3n) is 3.50. The average Bonchev–Trinajstić information content (AvgIpc) is 2.36. The smallest absolute Gasteiger partial charge is 0.339 e. The molecule has 1 atom stereocenters. The fourth-order valence-corrected chi connectivity index (χ4v) is 2.67. The molecule has 0 fully saturated rings. The van der Waals surface area contributed by atoms with Crippen LogP contribution in [0.3, 0.4) is 0 Å². The van der Waals surface area contributed by atoms with Crippen molar-refractivity contribution in [3.63, 3.8) is 0 Å². The molecule has 19 heavy (non-hydrogen) atoms. The van der Waals surface area contributed by atoms with Crippen LogP contribution in [0.2, 0.25) is 0 Å². The van der Waals surface area contributed by atoms with E-state index in [0.717, 1.165) is 29.2 Å². The predicted octanol–water partition coefficient (Wildman–Crippen LogP) is 4.15. The van der Waals surface area contributed by atoms with E-state index in [1.807, 2.05) is 31.2 Å². The minimum absolute atomic E-state index is 0.0413. The summed E-state index contributed by atoms with van der Waals surface area (Å²) in [6.45, 7) is 4.08. The Balaban J connectivity index is 2.80. The number of carboxylic acid groups (broad SMARTS) is 1. The molecular formula is C16H18O3. The van der Waals surface area contributed by atoms with Gasteiger partial charge in [-0.15, -0.1) is 0 Å². The summed E-state index contributed by atoms with van der Waals surface area (Å²) in [5.74, 6) is -1.11. The number of carbonyl (C=O) groups is 1. The van der Waals surface area contributed by atoms with Crippen LogP contribution in [0.4, 0.5) is 0 Å². The van der Waals surface area contributed by atoms with Gasteiger partial charge in [-0.25, -0.2) is 4.79 Å². The molecule has 2 N–H and O–H groups in total. The van der Waals surface area contributed by atoms with Crippen LogP contribution in [-0.2, 0) is 0 Å². The molecule has 0 aromatic heterocycles. The van der Waals surface area contributed by atoms with Gasteiger partial charge in [-0.1, -0.05) is 44.5 Å². The van der Waals surface area contributed by atoms with Crippen LogP contribution in [0.25, 0.3) is 10.8 Å². The second-order valence-corrected chi connectivity index (χ2v) is 4.90. The molecule has 0 heterocycles. The van der Waals surface area contributed by atoms with Crippen LogP contribution in [0.1, 0.15) is 48.5 Å². The average molecular weight is 258 g/mol. The molecule has 0 aliphatic carbocycles. The summed E-state index contributed by atoms with van der Waals surface area (Å²) in [6.07, 6.45) is 1.87. The number of phenols is 1. The number of hydrogen-bond acceptors (Lipinski definition) is 2. The van der Waals surface area contributed by atoms with Crippen molar-refractivity contribution >= 4 is 16.7 Å². The number of carboxylic acids is 1. The van der Waals surface area contributed by atoms with E-state index in [1.54, 1.807) is 0 Å². The zero-order valence-electron chi connectivity index (χ0n) is 11.2. The Morgan fingerprint density at radius 3 is 2.63 bits per heavy atom. The van der Waals surface area contributed by atoms with Gasteiger partial charge in [0, 0.05) is 0 Å². The second-order valence-electron chi connectivity index (χ2n) is 4.90. The molecule has 0 aliphatic rings. The van der Waals surface area contributed by atoms with Crippen molar-refractivity contribution in [2.45, 2.75) is 32.6 Å². The van der Waals surface area contributed by atoms with Crippen LogP contribution in [-0.4, -0.2) is 16.2 Å². The van der Waals surface area contributed by atoms with Crippen molar-refractivity contribution in [1.29, 1.82) is 0 Å². The highest BCUT2D eigenvalue weighted by atomic mass is 16.4. The summed E-state index contributed by atoms with van der Waals surface area (Å²) in [7, 11) is 0. The molecule has 0 radical (unpaired) electrons. The summed E-state index contributed by atoms with van der Waals surface area (Å²) < 4.78 is 0. The molecule has 100 valence electrons. The largest absolute Gasteiger partial charge is 0.507 e. The summed E-state index contributed by atoms with van der Waals surface area (Å²) in [4.78, 5) is 11.4. The van der Waals surface area contributed by atoms with E-state index in [-0.39, 0.29) is 17.2 Å². The summed E-state index contributed by atoms with van der Waals surface area (Å²) in [5.41, 5.74) is 0.782. The van der Waals surface area contributed by atoms with Crippen molar-refractivity contribution in [2.24, 2.45) is 0 Å². The Morgan fingerprint density at radius 2 is 2.00 bits per heavy atom. The number of aromatic hydroxyl groups is 1. The standard InChI is InChI=1S/C16H18O3/c1-3-6-10(2)14-12-8-5-4-7-11(12)9-13(17)15(14)16(18)19/h4-5,7-10,17H,3,6H2,1-2H3,(H,18,19). The van der Waals surface area contributed by atoms with Gasteiger partial charge in [0.15, 0.2) is 0 Å². The highest BCUT2D eigenvalue weighted by Crippen LogP contribution is 2.36. The molecule has 2 rings (SSSR count). The van der Waals surface area contributed by atoms with Crippen molar-refractivity contribution < 1.29 is 15.0 Å². The number of benzene rings is 2. The molecular weight excluding hydrogens is 240 g/mol. The normalized spacial score (nSPS) is 12.5. The summed E-state index contributed by atoms with van der Waals surface area (Å²) in [5, 5.41) is 21.2. The molecule has 1 unspecified atom stereocenters. The third kappa shape index (κ3) is 2.41. The molecule has 3 nitrogen and oxygen atoms in total. The number of hydrogen-bond donors (Lipinski definition) is 2. The zero-order valence-corrected chi connectivity index (χ0v) is 11.2.